The van der Waals surface area contributed by atoms with E-state index in [1.54, 1.807) is 32.4 Å². The van der Waals surface area contributed by atoms with Crippen molar-refractivity contribution in [2.75, 3.05) is 0 Å². The Morgan fingerprint density at radius 2 is 1.94 bits per heavy atom. The lowest BCUT2D eigenvalue weighted by Crippen LogP contribution is -2.17. The van der Waals surface area contributed by atoms with Crippen LogP contribution in [-0.4, -0.2) is 10.8 Å². The second-order valence-electron chi connectivity index (χ2n) is 4.11. The first-order valence-corrected chi connectivity index (χ1v) is 5.91. The third-order valence-electron chi connectivity index (χ3n) is 2.58. The zero-order valence-corrected chi connectivity index (χ0v) is 11.0. The third kappa shape index (κ3) is 2.87. The normalized spacial score (nSPS) is 11.1. The first-order chi connectivity index (χ1) is 8.56. The summed E-state index contributed by atoms with van der Waals surface area (Å²) in [5, 5.41) is 0.699. The van der Waals surface area contributed by atoms with Gasteiger partial charge in [0, 0.05) is 30.0 Å². The number of halogens is 1. The summed E-state index contributed by atoms with van der Waals surface area (Å²) in [7, 11) is 1.72. The molecular weight excluding hydrogens is 248 g/mol. The Labute approximate surface area is 110 Å². The molecule has 0 unspecified atom stereocenters. The highest BCUT2D eigenvalue weighted by Crippen LogP contribution is 2.12. The number of aliphatic imine (C=N–C) groups is 1. The van der Waals surface area contributed by atoms with E-state index in [1.807, 2.05) is 24.3 Å². The summed E-state index contributed by atoms with van der Waals surface area (Å²) >= 11 is 5.81. The number of aryl methyl sites for hydroxylation is 2. The van der Waals surface area contributed by atoms with Gasteiger partial charge in [-0.3, -0.25) is 9.79 Å². The van der Waals surface area contributed by atoms with Crippen LogP contribution in [0.25, 0.3) is 0 Å². The molecule has 0 bridgehead atoms. The van der Waals surface area contributed by atoms with Crippen LogP contribution in [-0.2, 0) is 7.05 Å². The average molecular weight is 261 g/mol. The SMILES string of the molecule is Cc1cc(N=Cc2ccc(Cl)cc2)cn(C)c1=O. The van der Waals surface area contributed by atoms with Crippen molar-refractivity contribution >= 4 is 23.5 Å². The molecule has 0 aliphatic carbocycles. The molecule has 0 saturated heterocycles. The lowest BCUT2D eigenvalue weighted by Gasteiger charge is -2.01. The molecule has 0 atom stereocenters. The van der Waals surface area contributed by atoms with Gasteiger partial charge in [-0.15, -0.1) is 0 Å². The van der Waals surface area contributed by atoms with Crippen molar-refractivity contribution < 1.29 is 0 Å². The Morgan fingerprint density at radius 3 is 2.56 bits per heavy atom. The molecular formula is C14H13ClN2O. The monoisotopic (exact) mass is 260 g/mol. The van der Waals surface area contributed by atoms with Gasteiger partial charge in [-0.25, -0.2) is 0 Å². The molecule has 0 aliphatic rings. The smallest absolute Gasteiger partial charge is 0.253 e. The maximum atomic E-state index is 11.5. The standard InChI is InChI=1S/C14H13ClN2O/c1-10-7-13(9-17(2)14(10)18)16-8-11-3-5-12(15)6-4-11/h3-9H,1-2H3. The van der Waals surface area contributed by atoms with Gasteiger partial charge in [0.05, 0.1) is 5.69 Å². The summed E-state index contributed by atoms with van der Waals surface area (Å²) in [6.07, 6.45) is 3.46. The van der Waals surface area contributed by atoms with Gasteiger partial charge in [0.1, 0.15) is 0 Å². The maximum absolute atomic E-state index is 11.5. The molecule has 0 fully saturated rings. The van der Waals surface area contributed by atoms with Crippen molar-refractivity contribution in [1.82, 2.24) is 4.57 Å². The van der Waals surface area contributed by atoms with Crippen LogP contribution in [0.3, 0.4) is 0 Å². The highest BCUT2D eigenvalue weighted by atomic mass is 35.5. The van der Waals surface area contributed by atoms with Crippen LogP contribution in [0.2, 0.25) is 5.02 Å². The van der Waals surface area contributed by atoms with E-state index in [0.29, 0.717) is 10.6 Å². The van der Waals surface area contributed by atoms with Gasteiger partial charge in [-0.1, -0.05) is 23.7 Å². The van der Waals surface area contributed by atoms with Crippen LogP contribution in [0.1, 0.15) is 11.1 Å². The summed E-state index contributed by atoms with van der Waals surface area (Å²) in [5.74, 6) is 0. The van der Waals surface area contributed by atoms with E-state index >= 15 is 0 Å². The Kier molecular flexibility index (Phi) is 3.63. The lowest BCUT2D eigenvalue weighted by molar-refractivity contribution is 0.849. The molecule has 2 aromatic rings. The van der Waals surface area contributed by atoms with Crippen molar-refractivity contribution in [3.63, 3.8) is 0 Å². The molecule has 18 heavy (non-hydrogen) atoms. The fraction of sp³-hybridized carbons (Fsp3) is 0.143. The molecule has 2 rings (SSSR count). The summed E-state index contributed by atoms with van der Waals surface area (Å²) in [6, 6.07) is 9.18. The highest BCUT2D eigenvalue weighted by Gasteiger charge is 1.98. The summed E-state index contributed by atoms with van der Waals surface area (Å²) in [5.41, 5.74) is 2.40. The number of rotatable bonds is 2. The van der Waals surface area contributed by atoms with Gasteiger partial charge in [-0.2, -0.15) is 0 Å². The Hall–Kier alpha value is -1.87. The average Bonchev–Trinajstić information content (AvgIpc) is 2.35. The highest BCUT2D eigenvalue weighted by molar-refractivity contribution is 6.30. The van der Waals surface area contributed by atoms with E-state index in [0.717, 1.165) is 11.3 Å². The van der Waals surface area contributed by atoms with E-state index in [9.17, 15) is 4.79 Å². The first-order valence-electron chi connectivity index (χ1n) is 5.53. The number of benzene rings is 1. The predicted octanol–water partition coefficient (Wildman–Crippen LogP) is 3.10. The maximum Gasteiger partial charge on any atom is 0.253 e. The Bertz CT molecular complexity index is 616. The van der Waals surface area contributed by atoms with Gasteiger partial charge in [0.25, 0.3) is 5.56 Å². The molecule has 1 aromatic carbocycles. The molecule has 0 spiro atoms. The van der Waals surface area contributed by atoms with Crippen LogP contribution < -0.4 is 5.56 Å². The zero-order valence-electron chi connectivity index (χ0n) is 10.2. The van der Waals surface area contributed by atoms with Gasteiger partial charge in [-0.05, 0) is 30.7 Å². The summed E-state index contributed by atoms with van der Waals surface area (Å²) in [6.45, 7) is 1.78. The van der Waals surface area contributed by atoms with E-state index in [4.69, 9.17) is 11.6 Å². The Morgan fingerprint density at radius 1 is 1.28 bits per heavy atom. The molecule has 0 amide bonds. The molecule has 3 nitrogen and oxygen atoms in total. The van der Waals surface area contributed by atoms with Crippen LogP contribution in [0, 0.1) is 6.92 Å². The molecule has 0 saturated carbocycles. The topological polar surface area (TPSA) is 34.4 Å². The molecule has 4 heteroatoms. The van der Waals surface area contributed by atoms with Gasteiger partial charge in [0.2, 0.25) is 0 Å². The van der Waals surface area contributed by atoms with Crippen LogP contribution in [0.5, 0.6) is 0 Å². The molecule has 0 radical (unpaired) electrons. The van der Waals surface area contributed by atoms with Crippen LogP contribution in [0.4, 0.5) is 5.69 Å². The van der Waals surface area contributed by atoms with E-state index < -0.39 is 0 Å². The van der Waals surface area contributed by atoms with Crippen LogP contribution in [0.15, 0.2) is 46.3 Å². The number of nitrogens with zero attached hydrogens (tertiary/aromatic N) is 2. The Balaban J connectivity index is 2.29. The minimum Gasteiger partial charge on any atom is -0.316 e. The van der Waals surface area contributed by atoms with Gasteiger partial charge >= 0.3 is 0 Å². The molecule has 92 valence electrons. The van der Waals surface area contributed by atoms with Crippen LogP contribution >= 0.6 is 11.6 Å². The van der Waals surface area contributed by atoms with E-state index in [1.165, 1.54) is 4.57 Å². The quantitative estimate of drug-likeness (QED) is 0.764. The van der Waals surface area contributed by atoms with E-state index in [2.05, 4.69) is 4.99 Å². The van der Waals surface area contributed by atoms with Gasteiger partial charge in [0.15, 0.2) is 0 Å². The van der Waals surface area contributed by atoms with Crippen molar-refractivity contribution in [1.29, 1.82) is 0 Å². The zero-order chi connectivity index (χ0) is 13.1. The number of pyridine rings is 1. The molecule has 0 N–H and O–H groups in total. The van der Waals surface area contributed by atoms with Gasteiger partial charge < -0.3 is 4.57 Å². The van der Waals surface area contributed by atoms with Crippen molar-refractivity contribution in [2.24, 2.45) is 12.0 Å². The number of hydrogen-bond acceptors (Lipinski definition) is 2. The number of hydrogen-bond donors (Lipinski definition) is 0. The van der Waals surface area contributed by atoms with E-state index in [-0.39, 0.29) is 5.56 Å². The largest absolute Gasteiger partial charge is 0.316 e. The fourth-order valence-corrected chi connectivity index (χ4v) is 1.75. The summed E-state index contributed by atoms with van der Waals surface area (Å²) < 4.78 is 1.53. The van der Waals surface area contributed by atoms with Crippen molar-refractivity contribution in [2.45, 2.75) is 6.92 Å². The third-order valence-corrected chi connectivity index (χ3v) is 2.83. The second-order valence-corrected chi connectivity index (χ2v) is 4.54. The molecule has 0 aliphatic heterocycles. The lowest BCUT2D eigenvalue weighted by atomic mass is 10.2. The fourth-order valence-electron chi connectivity index (χ4n) is 1.62. The minimum atomic E-state index is 0.000410. The minimum absolute atomic E-state index is 0.000410. The van der Waals surface area contributed by atoms with Crippen molar-refractivity contribution in [3.05, 3.63) is 63.0 Å². The molecule has 1 heterocycles. The number of aromatic nitrogens is 1. The summed E-state index contributed by atoms with van der Waals surface area (Å²) in [4.78, 5) is 15.9. The first kappa shape index (κ1) is 12.6. The second kappa shape index (κ2) is 5.19. The van der Waals surface area contributed by atoms with Crippen molar-refractivity contribution in [3.8, 4) is 0 Å². The predicted molar refractivity (Wildman–Crippen MR) is 75.1 cm³/mol. The molecule has 1 aromatic heterocycles.